The molecule has 0 saturated heterocycles. The summed E-state index contributed by atoms with van der Waals surface area (Å²) in [4.78, 5) is 12.4. The largest absolute Gasteiger partial charge is 0.390 e. The van der Waals surface area contributed by atoms with Crippen LogP contribution in [0, 0.1) is 40.9 Å². The summed E-state index contributed by atoms with van der Waals surface area (Å²) in [6, 6.07) is 0. The highest BCUT2D eigenvalue weighted by Gasteiger charge is 2.64. The number of hydrogen-bond donors (Lipinski definition) is 1. The van der Waals surface area contributed by atoms with Crippen molar-refractivity contribution >= 4 is 21.7 Å². The number of alkyl halides is 3. The number of hydrogen-bond acceptors (Lipinski definition) is 2. The van der Waals surface area contributed by atoms with Crippen molar-refractivity contribution in [3.8, 4) is 0 Å². The number of fused-ring (bicyclic) bond motifs is 5. The summed E-state index contributed by atoms with van der Waals surface area (Å²) in [7, 11) is 0. The van der Waals surface area contributed by atoms with Gasteiger partial charge in [0, 0.05) is 18.3 Å². The third-order valence-corrected chi connectivity index (χ3v) is 9.36. The van der Waals surface area contributed by atoms with Crippen LogP contribution in [0.2, 0.25) is 0 Å². The van der Waals surface area contributed by atoms with Crippen molar-refractivity contribution in [1.82, 2.24) is 0 Å². The number of carbonyl (C=O) groups excluding carboxylic acids is 1. The van der Waals surface area contributed by atoms with E-state index in [2.05, 4.69) is 22.9 Å². The average molecular weight is 433 g/mol. The van der Waals surface area contributed by atoms with E-state index in [1.807, 2.05) is 0 Å². The second kappa shape index (κ2) is 6.23. The summed E-state index contributed by atoms with van der Waals surface area (Å²) < 4.78 is 30.3. The lowest BCUT2D eigenvalue weighted by Crippen LogP contribution is -2.57. The van der Waals surface area contributed by atoms with Crippen LogP contribution in [0.25, 0.3) is 0 Å². The van der Waals surface area contributed by atoms with Crippen LogP contribution in [0.4, 0.5) is 8.78 Å². The molecule has 0 aromatic carbocycles. The Morgan fingerprint density at radius 1 is 1.00 bits per heavy atom. The highest BCUT2D eigenvalue weighted by atomic mass is 79.9. The van der Waals surface area contributed by atoms with E-state index in [-0.39, 0.29) is 47.7 Å². The molecule has 0 heterocycles. The minimum atomic E-state index is -2.69. The van der Waals surface area contributed by atoms with Gasteiger partial charge in [-0.25, -0.2) is 8.78 Å². The molecule has 2 nitrogen and oxygen atoms in total. The molecule has 148 valence electrons. The van der Waals surface area contributed by atoms with Crippen LogP contribution >= 0.6 is 15.9 Å². The fourth-order valence-corrected chi connectivity index (χ4v) is 8.00. The molecule has 4 aliphatic carbocycles. The summed E-state index contributed by atoms with van der Waals surface area (Å²) in [6.45, 7) is 3.92. The van der Waals surface area contributed by atoms with Crippen molar-refractivity contribution < 1.29 is 18.7 Å². The average Bonchev–Trinajstić information content (AvgIpc) is 2.91. The highest BCUT2D eigenvalue weighted by molar-refractivity contribution is 9.09. The zero-order chi connectivity index (χ0) is 18.9. The third kappa shape index (κ3) is 2.82. The standard InChI is InChI=1S/C21H31BrF2O2/c1-19(26)7-5-13-12-6-8-20(2)15(3-4-16(20)18(25)11-22)14(12)9-21(23,24)17(13)10-19/h12-17,26H,3-11H2,1-2H3/t12-,13-,14-,15+,16-,17-,19-,20+/m1/s1. The van der Waals surface area contributed by atoms with Crippen molar-refractivity contribution in [2.75, 3.05) is 5.33 Å². The second-order valence-electron chi connectivity index (χ2n) is 10.2. The Morgan fingerprint density at radius 3 is 2.38 bits per heavy atom. The molecule has 0 unspecified atom stereocenters. The molecule has 4 saturated carbocycles. The summed E-state index contributed by atoms with van der Waals surface area (Å²) in [6.07, 6.45) is 5.32. The fraction of sp³-hybridized carbons (Fsp3) is 0.952. The van der Waals surface area contributed by atoms with E-state index in [1.165, 1.54) is 0 Å². The first-order chi connectivity index (χ1) is 12.1. The molecule has 4 fully saturated rings. The quantitative estimate of drug-likeness (QED) is 0.607. The maximum Gasteiger partial charge on any atom is 0.251 e. The summed E-state index contributed by atoms with van der Waals surface area (Å²) in [5.74, 6) is -2.38. The van der Waals surface area contributed by atoms with E-state index in [4.69, 9.17) is 0 Å². The Morgan fingerprint density at radius 2 is 1.69 bits per heavy atom. The van der Waals surface area contributed by atoms with Gasteiger partial charge in [0.15, 0.2) is 0 Å². The number of carbonyl (C=O) groups is 1. The molecule has 8 atom stereocenters. The predicted molar refractivity (Wildman–Crippen MR) is 100 cm³/mol. The summed E-state index contributed by atoms with van der Waals surface area (Å²) in [5.41, 5.74) is -1.05. The molecular weight excluding hydrogens is 402 g/mol. The van der Waals surface area contributed by atoms with Crippen molar-refractivity contribution in [2.45, 2.75) is 76.7 Å². The molecule has 0 spiro atoms. The molecule has 0 aromatic heterocycles. The van der Waals surface area contributed by atoms with Crippen molar-refractivity contribution in [3.05, 3.63) is 0 Å². The maximum atomic E-state index is 15.2. The molecule has 5 heteroatoms. The third-order valence-electron chi connectivity index (χ3n) is 8.81. The van der Waals surface area contributed by atoms with Crippen LogP contribution in [-0.2, 0) is 4.79 Å². The van der Waals surface area contributed by atoms with Gasteiger partial charge < -0.3 is 5.11 Å². The Balaban J connectivity index is 1.63. The van der Waals surface area contributed by atoms with Crippen LogP contribution < -0.4 is 0 Å². The lowest BCUT2D eigenvalue weighted by Gasteiger charge is -2.58. The normalized spacial score (nSPS) is 52.7. The zero-order valence-electron chi connectivity index (χ0n) is 15.8. The maximum absolute atomic E-state index is 15.2. The van der Waals surface area contributed by atoms with E-state index in [0.29, 0.717) is 17.7 Å². The van der Waals surface area contributed by atoms with E-state index >= 15 is 8.78 Å². The minimum absolute atomic E-state index is 0.0336. The van der Waals surface area contributed by atoms with Gasteiger partial charge in [0.25, 0.3) is 5.92 Å². The van der Waals surface area contributed by atoms with Crippen LogP contribution in [0.5, 0.6) is 0 Å². The lowest BCUT2D eigenvalue weighted by atomic mass is 9.48. The van der Waals surface area contributed by atoms with Crippen LogP contribution in [-0.4, -0.2) is 27.7 Å². The number of ketones is 1. The van der Waals surface area contributed by atoms with E-state index in [1.54, 1.807) is 6.92 Å². The van der Waals surface area contributed by atoms with Gasteiger partial charge in [0.1, 0.15) is 5.78 Å². The molecule has 1 N–H and O–H groups in total. The molecule has 4 rings (SSSR count). The van der Waals surface area contributed by atoms with Gasteiger partial charge in [0.05, 0.1) is 10.9 Å². The van der Waals surface area contributed by atoms with E-state index < -0.39 is 17.4 Å². The molecule has 0 aromatic rings. The first-order valence-electron chi connectivity index (χ1n) is 10.3. The van der Waals surface area contributed by atoms with E-state index in [0.717, 1.165) is 32.1 Å². The molecule has 0 radical (unpaired) electrons. The van der Waals surface area contributed by atoms with Gasteiger partial charge >= 0.3 is 0 Å². The summed E-state index contributed by atoms with van der Waals surface area (Å²) >= 11 is 3.32. The van der Waals surface area contributed by atoms with Gasteiger partial charge in [-0.1, -0.05) is 22.9 Å². The molecular formula is C21H31BrF2O2. The van der Waals surface area contributed by atoms with Crippen LogP contribution in [0.1, 0.15) is 65.2 Å². The number of aliphatic hydroxyl groups is 1. The van der Waals surface area contributed by atoms with Crippen molar-refractivity contribution in [3.63, 3.8) is 0 Å². The molecule has 0 bridgehead atoms. The number of halogens is 3. The van der Waals surface area contributed by atoms with Gasteiger partial charge in [0.2, 0.25) is 0 Å². The highest BCUT2D eigenvalue weighted by Crippen LogP contribution is 2.66. The van der Waals surface area contributed by atoms with E-state index in [9.17, 15) is 9.90 Å². The molecule has 26 heavy (non-hydrogen) atoms. The fourth-order valence-electron chi connectivity index (χ4n) is 7.61. The van der Waals surface area contributed by atoms with Crippen molar-refractivity contribution in [1.29, 1.82) is 0 Å². The Hall–Kier alpha value is -0.0300. The summed E-state index contributed by atoms with van der Waals surface area (Å²) in [5, 5.41) is 10.8. The zero-order valence-corrected chi connectivity index (χ0v) is 17.4. The van der Waals surface area contributed by atoms with Gasteiger partial charge in [-0.3, -0.25) is 4.79 Å². The van der Waals surface area contributed by atoms with Crippen LogP contribution in [0.15, 0.2) is 0 Å². The van der Waals surface area contributed by atoms with Gasteiger partial charge in [-0.05, 0) is 81.0 Å². The lowest BCUT2D eigenvalue weighted by molar-refractivity contribution is -0.210. The Labute approximate surface area is 163 Å². The Bertz CT molecular complexity index is 593. The van der Waals surface area contributed by atoms with Gasteiger partial charge in [-0.2, -0.15) is 0 Å². The SMILES string of the molecule is C[C@@]1(O)CC[C@@H]2[C@H]3CC[C@]4(C)[C@@H](C(=O)CBr)CC[C@H]4[C@@H]3CC(F)(F)[C@@H]2C1. The first-order valence-corrected chi connectivity index (χ1v) is 11.4. The monoisotopic (exact) mass is 432 g/mol. The Kier molecular flexibility index (Phi) is 4.63. The minimum Gasteiger partial charge on any atom is -0.390 e. The molecule has 4 aliphatic rings. The smallest absolute Gasteiger partial charge is 0.251 e. The second-order valence-corrected chi connectivity index (χ2v) is 10.7. The first kappa shape index (κ1) is 19.3. The van der Waals surface area contributed by atoms with Crippen molar-refractivity contribution in [2.24, 2.45) is 40.9 Å². The topological polar surface area (TPSA) is 37.3 Å². The predicted octanol–water partition coefficient (Wildman–Crippen LogP) is 5.22. The molecule has 0 amide bonds. The van der Waals surface area contributed by atoms with Crippen LogP contribution in [0.3, 0.4) is 0 Å². The molecule has 0 aliphatic heterocycles. The number of Topliss-reactive ketones (excluding diaryl/α,β-unsaturated/α-hetero) is 1. The number of rotatable bonds is 2. The van der Waals surface area contributed by atoms with Gasteiger partial charge in [-0.15, -0.1) is 0 Å².